The number of rotatable bonds is 4. The molecule has 2 rings (SSSR count). The van der Waals surface area contributed by atoms with Crippen molar-refractivity contribution < 1.29 is 4.92 Å². The summed E-state index contributed by atoms with van der Waals surface area (Å²) in [5.41, 5.74) is 2.29. The van der Waals surface area contributed by atoms with Crippen LogP contribution in [0.2, 0.25) is 0 Å². The van der Waals surface area contributed by atoms with Crippen LogP contribution in [0.3, 0.4) is 0 Å². The lowest BCUT2D eigenvalue weighted by molar-refractivity contribution is -0.384. The Labute approximate surface area is 126 Å². The molecule has 1 aromatic rings. The molecule has 1 fully saturated rings. The van der Waals surface area contributed by atoms with Crippen LogP contribution in [-0.4, -0.2) is 30.0 Å². The van der Waals surface area contributed by atoms with Crippen molar-refractivity contribution in [2.75, 3.05) is 25.5 Å². The van der Waals surface area contributed by atoms with Crippen molar-refractivity contribution in [3.05, 3.63) is 33.9 Å². The lowest BCUT2D eigenvalue weighted by Gasteiger charge is -2.23. The van der Waals surface area contributed by atoms with Crippen LogP contribution in [0, 0.1) is 15.5 Å². The van der Waals surface area contributed by atoms with Gasteiger partial charge in [0.15, 0.2) is 0 Å². The third-order valence-corrected chi connectivity index (χ3v) is 4.37. The summed E-state index contributed by atoms with van der Waals surface area (Å²) in [6, 6.07) is 5.37. The maximum Gasteiger partial charge on any atom is 0.292 e. The van der Waals surface area contributed by atoms with Gasteiger partial charge in [0.2, 0.25) is 0 Å². The van der Waals surface area contributed by atoms with Gasteiger partial charge in [0.25, 0.3) is 5.69 Å². The third-order valence-electron chi connectivity index (χ3n) is 4.37. The van der Waals surface area contributed by atoms with Crippen LogP contribution in [0.4, 0.5) is 11.4 Å². The molecule has 0 unspecified atom stereocenters. The van der Waals surface area contributed by atoms with Crippen molar-refractivity contribution in [2.24, 2.45) is 5.41 Å². The molecule has 0 aromatic heterocycles. The lowest BCUT2D eigenvalue weighted by atomic mass is 9.85. The fourth-order valence-corrected chi connectivity index (χ4v) is 2.94. The molecule has 0 radical (unpaired) electrons. The molecule has 21 heavy (non-hydrogen) atoms. The fraction of sp³-hybridized carbons (Fsp3) is 0.625. The van der Waals surface area contributed by atoms with Crippen LogP contribution in [0.15, 0.2) is 18.2 Å². The first-order chi connectivity index (χ1) is 9.91. The number of hydrogen-bond donors (Lipinski definition) is 1. The summed E-state index contributed by atoms with van der Waals surface area (Å²) in [4.78, 5) is 13.1. The molecule has 0 saturated carbocycles. The van der Waals surface area contributed by atoms with E-state index in [1.807, 2.05) is 12.1 Å². The zero-order chi connectivity index (χ0) is 15.5. The Morgan fingerprint density at radius 3 is 2.76 bits per heavy atom. The van der Waals surface area contributed by atoms with Gasteiger partial charge in [0.1, 0.15) is 5.69 Å². The number of nitro benzene ring substituents is 1. The second-order valence-corrected chi connectivity index (χ2v) is 6.65. The summed E-state index contributed by atoms with van der Waals surface area (Å²) in [5, 5.41) is 13.9. The number of nitrogens with one attached hydrogen (secondary N) is 1. The minimum absolute atomic E-state index is 0.137. The molecule has 1 aliphatic rings. The smallest absolute Gasteiger partial charge is 0.292 e. The van der Waals surface area contributed by atoms with E-state index in [-0.39, 0.29) is 10.6 Å². The third kappa shape index (κ3) is 4.17. The van der Waals surface area contributed by atoms with E-state index in [0.717, 1.165) is 25.2 Å². The van der Waals surface area contributed by atoms with Gasteiger partial charge in [-0.05, 0) is 49.4 Å². The molecule has 0 atom stereocenters. The van der Waals surface area contributed by atoms with E-state index in [4.69, 9.17) is 0 Å². The molecular weight excluding hydrogens is 266 g/mol. The van der Waals surface area contributed by atoms with Gasteiger partial charge in [-0.25, -0.2) is 0 Å². The van der Waals surface area contributed by atoms with Crippen molar-refractivity contribution in [2.45, 2.75) is 39.7 Å². The van der Waals surface area contributed by atoms with E-state index >= 15 is 0 Å². The highest BCUT2D eigenvalue weighted by Crippen LogP contribution is 2.31. The SMILES string of the molecule is CNc1cc(CN2CCCC(C)(C)CC2)ccc1[N+](=O)[O-]. The number of hydrogen-bond acceptors (Lipinski definition) is 4. The molecule has 1 saturated heterocycles. The lowest BCUT2D eigenvalue weighted by Crippen LogP contribution is -2.25. The van der Waals surface area contributed by atoms with E-state index in [0.29, 0.717) is 11.1 Å². The quantitative estimate of drug-likeness (QED) is 0.679. The Hall–Kier alpha value is -1.62. The number of likely N-dealkylation sites (tertiary alicyclic amines) is 1. The van der Waals surface area contributed by atoms with Crippen LogP contribution in [0.5, 0.6) is 0 Å². The van der Waals surface area contributed by atoms with Gasteiger partial charge < -0.3 is 5.32 Å². The summed E-state index contributed by atoms with van der Waals surface area (Å²) in [5.74, 6) is 0. The predicted octanol–water partition coefficient (Wildman–Crippen LogP) is 3.65. The highest BCUT2D eigenvalue weighted by molar-refractivity contribution is 5.62. The van der Waals surface area contributed by atoms with Crippen LogP contribution >= 0.6 is 0 Å². The van der Waals surface area contributed by atoms with Crippen molar-refractivity contribution in [3.8, 4) is 0 Å². The zero-order valence-electron chi connectivity index (χ0n) is 13.2. The standard InChI is InChI=1S/C16H25N3O2/c1-16(2)7-4-9-18(10-8-16)12-13-5-6-15(19(20)21)14(11-13)17-3/h5-6,11,17H,4,7-10,12H2,1-3H3. The zero-order valence-corrected chi connectivity index (χ0v) is 13.2. The van der Waals surface area contributed by atoms with Gasteiger partial charge >= 0.3 is 0 Å². The molecule has 0 amide bonds. The first-order valence-corrected chi connectivity index (χ1v) is 7.59. The van der Waals surface area contributed by atoms with Crippen molar-refractivity contribution in [1.82, 2.24) is 4.90 Å². The van der Waals surface area contributed by atoms with E-state index < -0.39 is 0 Å². The molecule has 0 spiro atoms. The minimum atomic E-state index is -0.343. The molecule has 116 valence electrons. The molecule has 0 aliphatic carbocycles. The summed E-state index contributed by atoms with van der Waals surface area (Å²) in [6.45, 7) is 7.74. The van der Waals surface area contributed by atoms with Crippen LogP contribution in [-0.2, 0) is 6.54 Å². The number of anilines is 1. The molecule has 1 aromatic carbocycles. The Balaban J connectivity index is 2.07. The van der Waals surface area contributed by atoms with Gasteiger partial charge in [0, 0.05) is 19.7 Å². The van der Waals surface area contributed by atoms with Crippen LogP contribution in [0.25, 0.3) is 0 Å². The van der Waals surface area contributed by atoms with E-state index in [1.165, 1.54) is 19.3 Å². The summed E-state index contributed by atoms with van der Waals surface area (Å²) >= 11 is 0. The Bertz CT molecular complexity index is 514. The Morgan fingerprint density at radius 2 is 2.10 bits per heavy atom. The average Bonchev–Trinajstić information content (AvgIpc) is 2.60. The normalized spacial score (nSPS) is 19.0. The molecule has 0 bridgehead atoms. The van der Waals surface area contributed by atoms with Crippen LogP contribution in [0.1, 0.15) is 38.7 Å². The first kappa shape index (κ1) is 15.8. The van der Waals surface area contributed by atoms with E-state index in [9.17, 15) is 10.1 Å². The van der Waals surface area contributed by atoms with Gasteiger partial charge in [-0.2, -0.15) is 0 Å². The van der Waals surface area contributed by atoms with Gasteiger partial charge in [-0.1, -0.05) is 19.9 Å². The monoisotopic (exact) mass is 291 g/mol. The molecule has 1 heterocycles. The number of benzene rings is 1. The molecule has 5 heteroatoms. The van der Waals surface area contributed by atoms with Crippen LogP contribution < -0.4 is 5.32 Å². The topological polar surface area (TPSA) is 58.4 Å². The van der Waals surface area contributed by atoms with Gasteiger partial charge in [0.05, 0.1) is 4.92 Å². The molecule has 5 nitrogen and oxygen atoms in total. The predicted molar refractivity (Wildman–Crippen MR) is 85.6 cm³/mol. The van der Waals surface area contributed by atoms with Gasteiger partial charge in [-0.3, -0.25) is 15.0 Å². The Morgan fingerprint density at radius 1 is 1.33 bits per heavy atom. The van der Waals surface area contributed by atoms with Crippen molar-refractivity contribution >= 4 is 11.4 Å². The highest BCUT2D eigenvalue weighted by atomic mass is 16.6. The largest absolute Gasteiger partial charge is 0.383 e. The minimum Gasteiger partial charge on any atom is -0.383 e. The van der Waals surface area contributed by atoms with E-state index in [2.05, 4.69) is 24.1 Å². The number of nitrogens with zero attached hydrogens (tertiary/aromatic N) is 2. The molecular formula is C16H25N3O2. The van der Waals surface area contributed by atoms with Crippen molar-refractivity contribution in [3.63, 3.8) is 0 Å². The molecule has 1 N–H and O–H groups in total. The first-order valence-electron chi connectivity index (χ1n) is 7.59. The maximum absolute atomic E-state index is 11.0. The summed E-state index contributed by atoms with van der Waals surface area (Å²) in [6.07, 6.45) is 3.70. The average molecular weight is 291 g/mol. The maximum atomic E-state index is 11.0. The summed E-state index contributed by atoms with van der Waals surface area (Å²) in [7, 11) is 1.72. The Kier molecular flexibility index (Phi) is 4.83. The van der Waals surface area contributed by atoms with Crippen molar-refractivity contribution in [1.29, 1.82) is 0 Å². The second-order valence-electron chi connectivity index (χ2n) is 6.65. The molecule has 1 aliphatic heterocycles. The number of nitro groups is 1. The van der Waals surface area contributed by atoms with E-state index in [1.54, 1.807) is 13.1 Å². The fourth-order valence-electron chi connectivity index (χ4n) is 2.94. The van der Waals surface area contributed by atoms with Gasteiger partial charge in [-0.15, -0.1) is 0 Å². The summed E-state index contributed by atoms with van der Waals surface area (Å²) < 4.78 is 0. The highest BCUT2D eigenvalue weighted by Gasteiger charge is 2.23. The second kappa shape index (κ2) is 6.43.